The van der Waals surface area contributed by atoms with Crippen LogP contribution in [-0.4, -0.2) is 37.5 Å². The molecule has 0 saturated heterocycles. The summed E-state index contributed by atoms with van der Waals surface area (Å²) in [6.07, 6.45) is 3.61. The SMILES string of the molecule is Cn1nnnc1SCCNCc1ccncc1.[Cl-]. The molecule has 0 amide bonds. The lowest BCUT2D eigenvalue weighted by Crippen LogP contribution is -3.00. The van der Waals surface area contributed by atoms with E-state index in [-0.39, 0.29) is 12.4 Å². The molecule has 2 heterocycles. The van der Waals surface area contributed by atoms with Crippen molar-refractivity contribution in [1.82, 2.24) is 30.5 Å². The largest absolute Gasteiger partial charge is 1.00 e. The van der Waals surface area contributed by atoms with Gasteiger partial charge < -0.3 is 17.7 Å². The van der Waals surface area contributed by atoms with E-state index >= 15 is 0 Å². The highest BCUT2D eigenvalue weighted by atomic mass is 35.5. The number of rotatable bonds is 6. The highest BCUT2D eigenvalue weighted by molar-refractivity contribution is 7.99. The molecule has 18 heavy (non-hydrogen) atoms. The Hall–Kier alpha value is -1.18. The molecular weight excluding hydrogens is 272 g/mol. The molecule has 0 saturated carbocycles. The molecule has 0 aromatic carbocycles. The fourth-order valence-electron chi connectivity index (χ4n) is 1.29. The second kappa shape index (κ2) is 8.02. The standard InChI is InChI=1S/C10H14N6S.ClH/c1-16-10(13-14-15-16)17-7-6-12-8-9-2-4-11-5-3-9;/h2-5,12H,6-8H2,1H3;1H/p-1. The summed E-state index contributed by atoms with van der Waals surface area (Å²) in [6.45, 7) is 1.78. The second-order valence-electron chi connectivity index (χ2n) is 3.47. The first-order chi connectivity index (χ1) is 8.36. The van der Waals surface area contributed by atoms with Crippen LogP contribution in [0.25, 0.3) is 0 Å². The van der Waals surface area contributed by atoms with Crippen molar-refractivity contribution in [2.24, 2.45) is 7.05 Å². The van der Waals surface area contributed by atoms with Crippen LogP contribution in [0.15, 0.2) is 29.7 Å². The van der Waals surface area contributed by atoms with Crippen molar-refractivity contribution in [2.45, 2.75) is 11.7 Å². The lowest BCUT2D eigenvalue weighted by molar-refractivity contribution is -0.00000379. The molecule has 0 radical (unpaired) electrons. The summed E-state index contributed by atoms with van der Waals surface area (Å²) in [5, 5.41) is 15.5. The highest BCUT2D eigenvalue weighted by Gasteiger charge is 2.01. The van der Waals surface area contributed by atoms with Crippen LogP contribution in [0.1, 0.15) is 5.56 Å². The molecule has 0 spiro atoms. The fourth-order valence-corrected chi connectivity index (χ4v) is 2.04. The van der Waals surface area contributed by atoms with Gasteiger partial charge in [-0.05, 0) is 28.1 Å². The summed E-state index contributed by atoms with van der Waals surface area (Å²) in [6, 6.07) is 4.01. The van der Waals surface area contributed by atoms with E-state index in [0.29, 0.717) is 0 Å². The molecule has 8 heteroatoms. The molecule has 1 N–H and O–H groups in total. The lowest BCUT2D eigenvalue weighted by Gasteiger charge is -2.03. The van der Waals surface area contributed by atoms with Crippen LogP contribution in [0, 0.1) is 0 Å². The fraction of sp³-hybridized carbons (Fsp3) is 0.400. The van der Waals surface area contributed by atoms with Crippen LogP contribution in [0.5, 0.6) is 0 Å². The monoisotopic (exact) mass is 285 g/mol. The summed E-state index contributed by atoms with van der Waals surface area (Å²) < 4.78 is 1.67. The predicted molar refractivity (Wildman–Crippen MR) is 65.5 cm³/mol. The van der Waals surface area contributed by atoms with Crippen molar-refractivity contribution in [3.8, 4) is 0 Å². The number of halogens is 1. The van der Waals surface area contributed by atoms with E-state index in [9.17, 15) is 0 Å². The van der Waals surface area contributed by atoms with Crippen molar-refractivity contribution in [2.75, 3.05) is 12.3 Å². The Kier molecular flexibility index (Phi) is 6.63. The summed E-state index contributed by atoms with van der Waals surface area (Å²) in [5.74, 6) is 0.944. The van der Waals surface area contributed by atoms with E-state index < -0.39 is 0 Å². The molecule has 0 unspecified atom stereocenters. The van der Waals surface area contributed by atoms with Gasteiger partial charge in [-0.25, -0.2) is 4.68 Å². The first-order valence-electron chi connectivity index (χ1n) is 5.31. The van der Waals surface area contributed by atoms with Gasteiger partial charge in [0.05, 0.1) is 0 Å². The van der Waals surface area contributed by atoms with Gasteiger partial charge in [-0.15, -0.1) is 5.10 Å². The maximum Gasteiger partial charge on any atom is 0.209 e. The average molecular weight is 286 g/mol. The van der Waals surface area contributed by atoms with E-state index in [4.69, 9.17) is 0 Å². The quantitative estimate of drug-likeness (QED) is 0.467. The van der Waals surface area contributed by atoms with Gasteiger partial charge >= 0.3 is 0 Å². The Morgan fingerprint density at radius 1 is 1.33 bits per heavy atom. The number of nitrogens with zero attached hydrogens (tertiary/aromatic N) is 5. The zero-order valence-electron chi connectivity index (χ0n) is 9.95. The molecular formula is C10H14ClN6S-. The maximum atomic E-state index is 3.98. The Morgan fingerprint density at radius 2 is 2.11 bits per heavy atom. The minimum Gasteiger partial charge on any atom is -1.00 e. The number of tetrazole rings is 1. The zero-order chi connectivity index (χ0) is 11.9. The Balaban J connectivity index is 0.00000162. The van der Waals surface area contributed by atoms with Gasteiger partial charge in [0.15, 0.2) is 0 Å². The first kappa shape index (κ1) is 14.9. The first-order valence-corrected chi connectivity index (χ1v) is 6.29. The van der Waals surface area contributed by atoms with Crippen LogP contribution in [0.4, 0.5) is 0 Å². The number of hydrogen-bond acceptors (Lipinski definition) is 6. The van der Waals surface area contributed by atoms with Crippen molar-refractivity contribution in [1.29, 1.82) is 0 Å². The molecule has 6 nitrogen and oxygen atoms in total. The summed E-state index contributed by atoms with van der Waals surface area (Å²) in [5.41, 5.74) is 1.24. The number of pyridine rings is 1. The summed E-state index contributed by atoms with van der Waals surface area (Å²) >= 11 is 1.64. The summed E-state index contributed by atoms with van der Waals surface area (Å²) in [4.78, 5) is 3.98. The molecule has 0 aliphatic carbocycles. The third-order valence-electron chi connectivity index (χ3n) is 2.17. The number of aromatic nitrogens is 5. The van der Waals surface area contributed by atoms with Crippen LogP contribution >= 0.6 is 11.8 Å². The Bertz CT molecular complexity index is 449. The summed E-state index contributed by atoms with van der Waals surface area (Å²) in [7, 11) is 1.84. The van der Waals surface area contributed by atoms with Crippen molar-refractivity contribution >= 4 is 11.8 Å². The topological polar surface area (TPSA) is 68.5 Å². The maximum absolute atomic E-state index is 3.98. The van der Waals surface area contributed by atoms with Gasteiger partial charge in [0.2, 0.25) is 5.16 Å². The lowest BCUT2D eigenvalue weighted by atomic mass is 10.3. The van der Waals surface area contributed by atoms with E-state index in [1.165, 1.54) is 5.56 Å². The molecule has 0 fully saturated rings. The van der Waals surface area contributed by atoms with E-state index in [1.54, 1.807) is 28.8 Å². The van der Waals surface area contributed by atoms with Gasteiger partial charge in [0, 0.05) is 38.3 Å². The van der Waals surface area contributed by atoms with E-state index in [0.717, 1.165) is 24.0 Å². The molecule has 0 atom stereocenters. The van der Waals surface area contributed by atoms with Crippen molar-refractivity contribution in [3.63, 3.8) is 0 Å². The van der Waals surface area contributed by atoms with Crippen molar-refractivity contribution in [3.05, 3.63) is 30.1 Å². The number of aryl methyl sites for hydroxylation is 1. The second-order valence-corrected chi connectivity index (χ2v) is 4.53. The number of nitrogens with one attached hydrogen (secondary N) is 1. The zero-order valence-corrected chi connectivity index (χ0v) is 11.5. The minimum absolute atomic E-state index is 0. The van der Waals surface area contributed by atoms with Crippen LogP contribution in [0.2, 0.25) is 0 Å². The molecule has 98 valence electrons. The van der Waals surface area contributed by atoms with Gasteiger partial charge in [-0.1, -0.05) is 11.8 Å². The molecule has 2 aromatic rings. The molecule has 2 rings (SSSR count). The van der Waals surface area contributed by atoms with Gasteiger partial charge in [0.1, 0.15) is 0 Å². The van der Waals surface area contributed by atoms with Crippen LogP contribution in [-0.2, 0) is 13.6 Å². The van der Waals surface area contributed by atoms with Gasteiger partial charge in [0.25, 0.3) is 0 Å². The number of hydrogen-bond donors (Lipinski definition) is 1. The average Bonchev–Trinajstić information content (AvgIpc) is 2.76. The third kappa shape index (κ3) is 4.59. The molecule has 2 aromatic heterocycles. The molecule has 0 bridgehead atoms. The minimum atomic E-state index is 0. The smallest absolute Gasteiger partial charge is 0.209 e. The van der Waals surface area contributed by atoms with E-state index in [2.05, 4.69) is 25.8 Å². The Morgan fingerprint density at radius 3 is 2.78 bits per heavy atom. The van der Waals surface area contributed by atoms with Crippen molar-refractivity contribution < 1.29 is 12.4 Å². The van der Waals surface area contributed by atoms with E-state index in [1.807, 2.05) is 19.2 Å². The van der Waals surface area contributed by atoms with Crippen LogP contribution < -0.4 is 17.7 Å². The van der Waals surface area contributed by atoms with Gasteiger partial charge in [-0.3, -0.25) is 4.98 Å². The normalized spacial score (nSPS) is 10.1. The Labute approximate surface area is 116 Å². The van der Waals surface area contributed by atoms with Crippen LogP contribution in [0.3, 0.4) is 0 Å². The molecule has 0 aliphatic rings. The molecule has 0 aliphatic heterocycles. The van der Waals surface area contributed by atoms with Gasteiger partial charge in [-0.2, -0.15) is 0 Å². The number of thioether (sulfide) groups is 1. The third-order valence-corrected chi connectivity index (χ3v) is 3.18. The highest BCUT2D eigenvalue weighted by Crippen LogP contribution is 2.10. The predicted octanol–water partition coefficient (Wildman–Crippen LogP) is -2.51.